The molecule has 0 unspecified atom stereocenters. The third-order valence-electron chi connectivity index (χ3n) is 3.29. The lowest BCUT2D eigenvalue weighted by atomic mass is 10.1. The summed E-state index contributed by atoms with van der Waals surface area (Å²) in [6.07, 6.45) is 0. The predicted molar refractivity (Wildman–Crippen MR) is 89.0 cm³/mol. The highest BCUT2D eigenvalue weighted by Crippen LogP contribution is 2.25. The van der Waals surface area contributed by atoms with Gasteiger partial charge in [-0.3, -0.25) is 10.1 Å². The van der Waals surface area contributed by atoms with Crippen LogP contribution in [0.1, 0.15) is 15.9 Å². The first-order valence-electron chi connectivity index (χ1n) is 7.34. The Kier molecular flexibility index (Phi) is 6.27. The standard InChI is InChI=1S/C17H18N2O5/c1-23-17(20)14-7-8-16(19(21)22)15(11-14)18-9-10-24-12-13-5-3-2-4-6-13/h2-8,11,18H,9-10,12H2,1H3. The number of nitrogens with zero attached hydrogens (tertiary/aromatic N) is 1. The third-order valence-corrected chi connectivity index (χ3v) is 3.29. The van der Waals surface area contributed by atoms with E-state index in [1.807, 2.05) is 30.3 Å². The van der Waals surface area contributed by atoms with Crippen LogP contribution in [0.15, 0.2) is 48.5 Å². The zero-order valence-corrected chi connectivity index (χ0v) is 13.2. The van der Waals surface area contributed by atoms with Crippen molar-refractivity contribution in [1.82, 2.24) is 0 Å². The highest BCUT2D eigenvalue weighted by molar-refractivity contribution is 5.91. The molecule has 0 spiro atoms. The summed E-state index contributed by atoms with van der Waals surface area (Å²) in [6.45, 7) is 1.21. The Bertz CT molecular complexity index is 703. The average Bonchev–Trinajstić information content (AvgIpc) is 2.61. The first-order chi connectivity index (χ1) is 11.6. The van der Waals surface area contributed by atoms with Crippen LogP contribution < -0.4 is 5.32 Å². The summed E-state index contributed by atoms with van der Waals surface area (Å²) < 4.78 is 10.1. The van der Waals surface area contributed by atoms with Crippen molar-refractivity contribution in [3.63, 3.8) is 0 Å². The minimum atomic E-state index is -0.548. The first-order valence-corrected chi connectivity index (χ1v) is 7.34. The second kappa shape index (κ2) is 8.64. The molecule has 1 N–H and O–H groups in total. The van der Waals surface area contributed by atoms with Crippen molar-refractivity contribution < 1.29 is 19.2 Å². The minimum absolute atomic E-state index is 0.106. The Morgan fingerprint density at radius 1 is 1.21 bits per heavy atom. The molecule has 2 aromatic carbocycles. The van der Waals surface area contributed by atoms with Crippen molar-refractivity contribution in [2.45, 2.75) is 6.61 Å². The lowest BCUT2D eigenvalue weighted by molar-refractivity contribution is -0.384. The smallest absolute Gasteiger partial charge is 0.337 e. The maximum absolute atomic E-state index is 11.5. The number of benzene rings is 2. The Morgan fingerprint density at radius 3 is 2.62 bits per heavy atom. The molecular formula is C17H18N2O5. The van der Waals surface area contributed by atoms with E-state index in [9.17, 15) is 14.9 Å². The fraction of sp³-hybridized carbons (Fsp3) is 0.235. The monoisotopic (exact) mass is 330 g/mol. The van der Waals surface area contributed by atoms with Gasteiger partial charge in [0.2, 0.25) is 0 Å². The topological polar surface area (TPSA) is 90.7 Å². The largest absolute Gasteiger partial charge is 0.465 e. The van der Waals surface area contributed by atoms with Crippen LogP contribution >= 0.6 is 0 Å². The van der Waals surface area contributed by atoms with Crippen LogP contribution in [0.5, 0.6) is 0 Å². The Labute approximate surface area is 139 Å². The number of ether oxygens (including phenoxy) is 2. The van der Waals surface area contributed by atoms with Crippen molar-refractivity contribution in [3.05, 3.63) is 69.8 Å². The molecule has 0 aromatic heterocycles. The van der Waals surface area contributed by atoms with Crippen molar-refractivity contribution in [3.8, 4) is 0 Å². The number of anilines is 1. The van der Waals surface area contributed by atoms with E-state index < -0.39 is 10.9 Å². The van der Waals surface area contributed by atoms with Crippen molar-refractivity contribution in [2.24, 2.45) is 0 Å². The van der Waals surface area contributed by atoms with E-state index in [1.54, 1.807) is 0 Å². The highest BCUT2D eigenvalue weighted by atomic mass is 16.6. The molecule has 2 rings (SSSR count). The van der Waals surface area contributed by atoms with Gasteiger partial charge in [0, 0.05) is 12.6 Å². The Morgan fingerprint density at radius 2 is 1.96 bits per heavy atom. The molecule has 0 aliphatic rings. The van der Waals surface area contributed by atoms with Crippen LogP contribution in [0.25, 0.3) is 0 Å². The molecule has 0 atom stereocenters. The number of nitrogens with one attached hydrogen (secondary N) is 1. The average molecular weight is 330 g/mol. The second-order valence-electron chi connectivity index (χ2n) is 4.95. The Hall–Kier alpha value is -2.93. The summed E-state index contributed by atoms with van der Waals surface area (Å²) in [4.78, 5) is 22.1. The van der Waals surface area contributed by atoms with E-state index in [0.29, 0.717) is 19.8 Å². The van der Waals surface area contributed by atoms with E-state index in [0.717, 1.165) is 5.56 Å². The molecular weight excluding hydrogens is 312 g/mol. The van der Waals surface area contributed by atoms with Gasteiger partial charge in [0.05, 0.1) is 30.8 Å². The van der Waals surface area contributed by atoms with Gasteiger partial charge in [-0.05, 0) is 17.7 Å². The summed E-state index contributed by atoms with van der Waals surface area (Å²) in [7, 11) is 1.26. The van der Waals surface area contributed by atoms with Gasteiger partial charge in [-0.1, -0.05) is 30.3 Å². The van der Waals surface area contributed by atoms with E-state index in [2.05, 4.69) is 10.1 Å². The number of nitro benzene ring substituents is 1. The fourth-order valence-electron chi connectivity index (χ4n) is 2.10. The van der Waals surface area contributed by atoms with Gasteiger partial charge in [-0.15, -0.1) is 0 Å². The quantitative estimate of drug-likeness (QED) is 0.346. The molecule has 0 aliphatic carbocycles. The maximum Gasteiger partial charge on any atom is 0.337 e. The molecule has 7 nitrogen and oxygen atoms in total. The minimum Gasteiger partial charge on any atom is -0.465 e. The summed E-state index contributed by atoms with van der Waals surface area (Å²) in [6, 6.07) is 13.7. The lowest BCUT2D eigenvalue weighted by Gasteiger charge is -2.09. The lowest BCUT2D eigenvalue weighted by Crippen LogP contribution is -2.11. The maximum atomic E-state index is 11.5. The number of hydrogen-bond donors (Lipinski definition) is 1. The fourth-order valence-corrected chi connectivity index (χ4v) is 2.10. The zero-order chi connectivity index (χ0) is 17.4. The van der Waals surface area contributed by atoms with E-state index in [1.165, 1.54) is 25.3 Å². The number of methoxy groups -OCH3 is 1. The first kappa shape index (κ1) is 17.4. The van der Waals surface area contributed by atoms with Crippen molar-refractivity contribution in [1.29, 1.82) is 0 Å². The zero-order valence-electron chi connectivity index (χ0n) is 13.2. The van der Waals surface area contributed by atoms with E-state index in [4.69, 9.17) is 4.74 Å². The molecule has 7 heteroatoms. The molecule has 126 valence electrons. The number of esters is 1. The van der Waals surface area contributed by atoms with Gasteiger partial charge in [-0.2, -0.15) is 0 Å². The molecule has 2 aromatic rings. The van der Waals surface area contributed by atoms with Gasteiger partial charge in [-0.25, -0.2) is 4.79 Å². The Balaban J connectivity index is 1.92. The SMILES string of the molecule is COC(=O)c1ccc([N+](=O)[O-])c(NCCOCc2ccccc2)c1. The van der Waals surface area contributed by atoms with Crippen LogP contribution in [0.4, 0.5) is 11.4 Å². The molecule has 0 amide bonds. The number of nitro groups is 1. The summed E-state index contributed by atoms with van der Waals surface area (Å²) in [5.41, 5.74) is 1.45. The molecule has 0 fully saturated rings. The number of carbonyl (C=O) groups excluding carboxylic acids is 1. The molecule has 24 heavy (non-hydrogen) atoms. The molecule has 0 saturated heterocycles. The van der Waals surface area contributed by atoms with Gasteiger partial charge >= 0.3 is 5.97 Å². The highest BCUT2D eigenvalue weighted by Gasteiger charge is 2.16. The summed E-state index contributed by atoms with van der Waals surface area (Å²) >= 11 is 0. The molecule has 0 heterocycles. The molecule has 0 radical (unpaired) electrons. The number of carbonyl (C=O) groups is 1. The van der Waals surface area contributed by atoms with Gasteiger partial charge in [0.25, 0.3) is 5.69 Å². The summed E-state index contributed by atoms with van der Waals surface area (Å²) in [5.74, 6) is -0.548. The van der Waals surface area contributed by atoms with E-state index >= 15 is 0 Å². The number of hydrogen-bond acceptors (Lipinski definition) is 6. The molecule has 0 aliphatic heterocycles. The van der Waals surface area contributed by atoms with Crippen molar-refractivity contribution in [2.75, 3.05) is 25.6 Å². The van der Waals surface area contributed by atoms with Crippen LogP contribution in [-0.4, -0.2) is 31.2 Å². The van der Waals surface area contributed by atoms with E-state index in [-0.39, 0.29) is 16.9 Å². The third kappa shape index (κ3) is 4.79. The van der Waals surface area contributed by atoms with Gasteiger partial charge in [0.1, 0.15) is 5.69 Å². The normalized spacial score (nSPS) is 10.2. The van der Waals surface area contributed by atoms with Crippen molar-refractivity contribution >= 4 is 17.3 Å². The second-order valence-corrected chi connectivity index (χ2v) is 4.95. The van der Waals surface area contributed by atoms with Crippen LogP contribution in [0, 0.1) is 10.1 Å². The molecule has 0 saturated carbocycles. The number of rotatable bonds is 8. The van der Waals surface area contributed by atoms with Gasteiger partial charge < -0.3 is 14.8 Å². The molecule has 0 bridgehead atoms. The van der Waals surface area contributed by atoms with Crippen LogP contribution in [0.3, 0.4) is 0 Å². The summed E-state index contributed by atoms with van der Waals surface area (Å²) in [5, 5.41) is 14.0. The predicted octanol–water partition coefficient (Wildman–Crippen LogP) is 3.01. The van der Waals surface area contributed by atoms with Gasteiger partial charge in [0.15, 0.2) is 0 Å². The van der Waals surface area contributed by atoms with Crippen LogP contribution in [-0.2, 0) is 16.1 Å². The van der Waals surface area contributed by atoms with Crippen LogP contribution in [0.2, 0.25) is 0 Å².